The molecule has 0 fully saturated rings. The van der Waals surface area contributed by atoms with Gasteiger partial charge in [0.25, 0.3) is 0 Å². The molecule has 0 saturated carbocycles. The summed E-state index contributed by atoms with van der Waals surface area (Å²) >= 11 is 3.64. The van der Waals surface area contributed by atoms with Crippen LogP contribution in [0.4, 0.5) is 0 Å². The first-order chi connectivity index (χ1) is 16.0. The minimum Gasteiger partial charge on any atom is -0.366 e. The molecule has 0 amide bonds. The molecule has 0 aliphatic heterocycles. The molecule has 0 unspecified atom stereocenters. The summed E-state index contributed by atoms with van der Waals surface area (Å²) in [6.07, 6.45) is 4.06. The number of hydrogen-bond acceptors (Lipinski definition) is 4. The Morgan fingerprint density at radius 3 is 2.64 bits per heavy atom. The first-order valence-corrected chi connectivity index (χ1v) is 13.2. The Labute approximate surface area is 207 Å². The maximum Gasteiger partial charge on any atom is 0.123 e. The number of allylic oxidation sites excluding steroid dienone is 1. The van der Waals surface area contributed by atoms with Crippen molar-refractivity contribution < 1.29 is 4.74 Å². The third-order valence-corrected chi connectivity index (χ3v) is 7.14. The van der Waals surface area contributed by atoms with Crippen LogP contribution in [0.15, 0.2) is 82.4 Å². The average Bonchev–Trinajstić information content (AvgIpc) is 3.37. The van der Waals surface area contributed by atoms with E-state index in [2.05, 4.69) is 95.1 Å². The number of ether oxygens (including phenoxy) is 1. The fraction of sp³-hybridized carbons (Fsp3) is 0.310. The highest BCUT2D eigenvalue weighted by atomic mass is 32.2. The third kappa shape index (κ3) is 8.53. The van der Waals surface area contributed by atoms with Crippen molar-refractivity contribution in [2.75, 3.05) is 20.2 Å². The molecule has 2 aromatic carbocycles. The van der Waals surface area contributed by atoms with Crippen molar-refractivity contribution in [2.45, 2.75) is 43.6 Å². The monoisotopic (exact) mass is 475 g/mol. The summed E-state index contributed by atoms with van der Waals surface area (Å²) in [5.74, 6) is 7.18. The van der Waals surface area contributed by atoms with Crippen LogP contribution in [0, 0.1) is 11.8 Å². The van der Waals surface area contributed by atoms with Crippen molar-refractivity contribution in [1.82, 2.24) is 4.90 Å². The maximum absolute atomic E-state index is 5.33. The van der Waals surface area contributed by atoms with Crippen molar-refractivity contribution in [3.8, 4) is 23.0 Å². The minimum absolute atomic E-state index is 0.405. The van der Waals surface area contributed by atoms with Crippen LogP contribution in [0.1, 0.15) is 31.9 Å². The van der Waals surface area contributed by atoms with Gasteiger partial charge in [-0.2, -0.15) is 11.3 Å². The highest BCUT2D eigenvalue weighted by Gasteiger charge is 2.10. The lowest BCUT2D eigenvalue weighted by Gasteiger charge is -2.19. The van der Waals surface area contributed by atoms with E-state index >= 15 is 0 Å². The van der Waals surface area contributed by atoms with Crippen LogP contribution in [-0.2, 0) is 17.0 Å². The largest absolute Gasteiger partial charge is 0.366 e. The summed E-state index contributed by atoms with van der Waals surface area (Å²) in [6.45, 7) is 8.95. The van der Waals surface area contributed by atoms with Crippen LogP contribution in [0.5, 0.6) is 0 Å². The van der Waals surface area contributed by atoms with Gasteiger partial charge in [-0.1, -0.05) is 61.2 Å². The first-order valence-electron chi connectivity index (χ1n) is 11.3. The van der Waals surface area contributed by atoms with E-state index in [0.29, 0.717) is 0 Å². The molecule has 3 aromatic rings. The summed E-state index contributed by atoms with van der Waals surface area (Å²) in [6, 6.07) is 20.0. The van der Waals surface area contributed by atoms with Crippen LogP contribution < -0.4 is 0 Å². The SMILES string of the molecule is CCN(CC=CC#CC(C)(C)OC)Cc1cccc(SCc2cccc(-c3ccsc3)c2)c1. The second kappa shape index (κ2) is 12.8. The van der Waals surface area contributed by atoms with Crippen LogP contribution in [0.3, 0.4) is 0 Å². The van der Waals surface area contributed by atoms with Gasteiger partial charge in [0.1, 0.15) is 5.60 Å². The van der Waals surface area contributed by atoms with Gasteiger partial charge in [0.15, 0.2) is 0 Å². The van der Waals surface area contributed by atoms with E-state index < -0.39 is 5.60 Å². The Bertz CT molecular complexity index is 1090. The molecule has 0 N–H and O–H groups in total. The summed E-state index contributed by atoms with van der Waals surface area (Å²) in [7, 11) is 1.69. The molecule has 0 atom stereocenters. The molecule has 3 rings (SSSR count). The van der Waals surface area contributed by atoms with Crippen molar-refractivity contribution in [1.29, 1.82) is 0 Å². The van der Waals surface area contributed by atoms with Crippen LogP contribution in [0.25, 0.3) is 11.1 Å². The molecule has 0 spiro atoms. The smallest absolute Gasteiger partial charge is 0.123 e. The van der Waals surface area contributed by atoms with Gasteiger partial charge in [-0.3, -0.25) is 4.90 Å². The number of nitrogens with zero attached hydrogens (tertiary/aromatic N) is 1. The molecule has 0 aliphatic carbocycles. The molecule has 0 radical (unpaired) electrons. The summed E-state index contributed by atoms with van der Waals surface area (Å²) in [5.41, 5.74) is 4.89. The molecule has 2 nitrogen and oxygen atoms in total. The van der Waals surface area contributed by atoms with E-state index in [4.69, 9.17) is 4.74 Å². The van der Waals surface area contributed by atoms with Crippen molar-refractivity contribution in [3.05, 3.63) is 88.6 Å². The molecule has 0 aliphatic rings. The summed E-state index contributed by atoms with van der Waals surface area (Å²) in [5, 5.41) is 4.34. The zero-order chi connectivity index (χ0) is 23.5. The molecule has 33 heavy (non-hydrogen) atoms. The maximum atomic E-state index is 5.33. The molecular formula is C29H33NOS2. The predicted octanol–water partition coefficient (Wildman–Crippen LogP) is 7.51. The molecule has 1 aromatic heterocycles. The number of thioether (sulfide) groups is 1. The zero-order valence-electron chi connectivity index (χ0n) is 20.0. The molecule has 172 valence electrons. The Morgan fingerprint density at radius 1 is 1.06 bits per heavy atom. The Morgan fingerprint density at radius 2 is 1.88 bits per heavy atom. The number of thiophene rings is 1. The van der Waals surface area contributed by atoms with E-state index in [1.54, 1.807) is 18.4 Å². The normalized spacial score (nSPS) is 11.7. The highest BCUT2D eigenvalue weighted by Crippen LogP contribution is 2.27. The minimum atomic E-state index is -0.405. The van der Waals surface area contributed by atoms with Gasteiger partial charge in [0.2, 0.25) is 0 Å². The standard InChI is InChI=1S/C29H33NOS2/c1-5-30(17-8-6-7-16-29(2,3)31-4)21-24-11-10-14-28(20-24)33-22-25-12-9-13-26(19-25)27-15-18-32-23-27/h6,8-15,18-20,23H,5,17,21-22H2,1-4H3. The zero-order valence-corrected chi connectivity index (χ0v) is 21.6. The van der Waals surface area contributed by atoms with Crippen LogP contribution in [-0.4, -0.2) is 30.7 Å². The van der Waals surface area contributed by atoms with Gasteiger partial charge in [0.05, 0.1) is 0 Å². The molecular weight excluding hydrogens is 442 g/mol. The summed E-state index contributed by atoms with van der Waals surface area (Å²) in [4.78, 5) is 3.72. The molecule has 1 heterocycles. The summed E-state index contributed by atoms with van der Waals surface area (Å²) < 4.78 is 5.33. The van der Waals surface area contributed by atoms with E-state index in [-0.39, 0.29) is 0 Å². The van der Waals surface area contributed by atoms with Crippen LogP contribution >= 0.6 is 23.1 Å². The van der Waals surface area contributed by atoms with Gasteiger partial charge in [-0.15, -0.1) is 11.8 Å². The van der Waals surface area contributed by atoms with Gasteiger partial charge >= 0.3 is 0 Å². The lowest BCUT2D eigenvalue weighted by atomic mass is 10.1. The van der Waals surface area contributed by atoms with Gasteiger partial charge < -0.3 is 4.74 Å². The molecule has 0 saturated heterocycles. The lowest BCUT2D eigenvalue weighted by molar-refractivity contribution is 0.0742. The van der Waals surface area contributed by atoms with Gasteiger partial charge in [0, 0.05) is 30.8 Å². The number of hydrogen-bond donors (Lipinski definition) is 0. The van der Waals surface area contributed by atoms with Crippen LogP contribution in [0.2, 0.25) is 0 Å². The molecule has 4 heteroatoms. The number of rotatable bonds is 10. The molecule has 0 bridgehead atoms. The number of methoxy groups -OCH3 is 1. The highest BCUT2D eigenvalue weighted by molar-refractivity contribution is 7.98. The lowest BCUT2D eigenvalue weighted by Crippen LogP contribution is -2.22. The second-order valence-corrected chi connectivity index (χ2v) is 10.2. The quantitative estimate of drug-likeness (QED) is 0.222. The van der Waals surface area contributed by atoms with E-state index in [9.17, 15) is 0 Å². The van der Waals surface area contributed by atoms with Crippen molar-refractivity contribution >= 4 is 23.1 Å². The Hall–Kier alpha value is -2.29. The fourth-order valence-corrected chi connectivity index (χ4v) is 4.85. The van der Waals surface area contributed by atoms with Gasteiger partial charge in [-0.25, -0.2) is 0 Å². The Balaban J connectivity index is 1.55. The number of benzene rings is 2. The third-order valence-electron chi connectivity index (χ3n) is 5.39. The first kappa shape index (κ1) is 25.3. The number of likely N-dealkylation sites (N-methyl/N-ethyl adjacent to an activating group) is 1. The average molecular weight is 476 g/mol. The fourth-order valence-electron chi connectivity index (χ4n) is 3.26. The topological polar surface area (TPSA) is 12.5 Å². The van der Waals surface area contributed by atoms with E-state index in [1.807, 2.05) is 31.7 Å². The van der Waals surface area contributed by atoms with Crippen molar-refractivity contribution in [2.24, 2.45) is 0 Å². The van der Waals surface area contributed by atoms with E-state index in [1.165, 1.54) is 27.1 Å². The second-order valence-electron chi connectivity index (χ2n) is 8.36. The van der Waals surface area contributed by atoms with E-state index in [0.717, 1.165) is 25.4 Å². The van der Waals surface area contributed by atoms with Gasteiger partial charge in [-0.05, 0) is 77.7 Å². The predicted molar refractivity (Wildman–Crippen MR) is 145 cm³/mol. The Kier molecular flexibility index (Phi) is 9.84. The van der Waals surface area contributed by atoms with Crippen molar-refractivity contribution in [3.63, 3.8) is 0 Å².